The van der Waals surface area contributed by atoms with Gasteiger partial charge in [-0.3, -0.25) is 9.78 Å². The predicted octanol–water partition coefficient (Wildman–Crippen LogP) is 4.08. The largest absolute Gasteiger partial charge is 0.384 e. The Morgan fingerprint density at radius 1 is 1.05 bits per heavy atom. The first kappa shape index (κ1) is 24.2. The molecule has 0 spiro atoms. The monoisotopic (exact) mass is 538 g/mol. The fourth-order valence-corrected chi connectivity index (χ4v) is 7.40. The van der Waals surface area contributed by atoms with Crippen LogP contribution in [0.3, 0.4) is 0 Å². The highest BCUT2D eigenvalue weighted by Gasteiger charge is 2.47. The number of anilines is 1. The molecular formula is C30H34N8O2. The second-order valence-electron chi connectivity index (χ2n) is 12.5. The molecule has 3 aliphatic heterocycles. The lowest BCUT2D eigenvalue weighted by Crippen LogP contribution is -2.49. The molecule has 3 aromatic rings. The van der Waals surface area contributed by atoms with Crippen LogP contribution in [0.5, 0.6) is 0 Å². The minimum atomic E-state index is -0.791. The van der Waals surface area contributed by atoms with Gasteiger partial charge in [-0.05, 0) is 76.7 Å². The van der Waals surface area contributed by atoms with E-state index in [-0.39, 0.29) is 23.9 Å². The zero-order valence-electron chi connectivity index (χ0n) is 22.8. The van der Waals surface area contributed by atoms with Crippen LogP contribution in [-0.2, 0) is 10.4 Å². The van der Waals surface area contributed by atoms with Crippen molar-refractivity contribution in [1.29, 1.82) is 0 Å². The van der Waals surface area contributed by atoms with Crippen molar-refractivity contribution < 1.29 is 9.90 Å². The number of aromatic nitrogens is 4. The third-order valence-corrected chi connectivity index (χ3v) is 9.83. The molecule has 1 unspecified atom stereocenters. The molecule has 206 valence electrons. The zero-order chi connectivity index (χ0) is 27.2. The van der Waals surface area contributed by atoms with Gasteiger partial charge >= 0.3 is 0 Å². The van der Waals surface area contributed by atoms with E-state index in [0.29, 0.717) is 23.9 Å². The van der Waals surface area contributed by atoms with E-state index in [1.54, 1.807) is 4.52 Å². The van der Waals surface area contributed by atoms with Crippen molar-refractivity contribution in [2.45, 2.75) is 101 Å². The molecule has 10 heteroatoms. The summed E-state index contributed by atoms with van der Waals surface area (Å²) in [6.45, 7) is 1.92. The van der Waals surface area contributed by atoms with Gasteiger partial charge in [0.25, 0.3) is 5.91 Å². The van der Waals surface area contributed by atoms with Crippen LogP contribution >= 0.6 is 0 Å². The Balaban J connectivity index is 1.14. The summed E-state index contributed by atoms with van der Waals surface area (Å²) in [5.41, 5.74) is 13.0. The molecule has 1 amide bonds. The van der Waals surface area contributed by atoms with Gasteiger partial charge in [-0.1, -0.05) is 6.07 Å². The number of aliphatic hydroxyl groups is 1. The first-order chi connectivity index (χ1) is 19.4. The number of rotatable bonds is 5. The number of fused-ring (bicyclic) bond motifs is 3. The average Bonchev–Trinajstić information content (AvgIpc) is 3.43. The Kier molecular flexibility index (Phi) is 5.24. The molecule has 3 N–H and O–H groups in total. The van der Waals surface area contributed by atoms with Crippen LogP contribution < -0.4 is 5.73 Å². The summed E-state index contributed by atoms with van der Waals surface area (Å²) >= 11 is 0. The smallest absolute Gasteiger partial charge is 0.271 e. The van der Waals surface area contributed by atoms with E-state index >= 15 is 0 Å². The Morgan fingerprint density at radius 3 is 2.42 bits per heavy atom. The van der Waals surface area contributed by atoms with Gasteiger partial charge < -0.3 is 15.7 Å². The SMILES string of the molecule is CC1=NN=C(C(=O)N2[C@@H]3CC[C@H]2CC(c2nc4c(-c5ccc(C6(O)CCC6)nc5)cnn4c(N)c2C2CC2)C3)C1. The van der Waals surface area contributed by atoms with Gasteiger partial charge in [0.05, 0.1) is 17.6 Å². The Labute approximate surface area is 232 Å². The fourth-order valence-electron chi connectivity index (χ4n) is 7.40. The molecule has 5 aliphatic rings. The van der Waals surface area contributed by atoms with E-state index in [2.05, 4.69) is 25.2 Å². The van der Waals surface area contributed by atoms with Crippen molar-refractivity contribution in [3.63, 3.8) is 0 Å². The van der Waals surface area contributed by atoms with Crippen molar-refractivity contribution in [2.75, 3.05) is 5.73 Å². The second-order valence-corrected chi connectivity index (χ2v) is 12.5. The van der Waals surface area contributed by atoms with Crippen molar-refractivity contribution in [3.8, 4) is 11.1 Å². The molecule has 10 nitrogen and oxygen atoms in total. The van der Waals surface area contributed by atoms with E-state index in [0.717, 1.165) is 97.2 Å². The van der Waals surface area contributed by atoms with Gasteiger partial charge in [0.2, 0.25) is 0 Å². The van der Waals surface area contributed by atoms with Crippen LogP contribution in [0.2, 0.25) is 0 Å². The van der Waals surface area contributed by atoms with Gasteiger partial charge in [-0.2, -0.15) is 14.7 Å². The summed E-state index contributed by atoms with van der Waals surface area (Å²) in [6.07, 6.45) is 12.8. The summed E-state index contributed by atoms with van der Waals surface area (Å²) in [6, 6.07) is 4.30. The zero-order valence-corrected chi connectivity index (χ0v) is 22.8. The molecule has 0 aromatic carbocycles. The number of carbonyl (C=O) groups is 1. The molecule has 3 aromatic heterocycles. The summed E-state index contributed by atoms with van der Waals surface area (Å²) in [5.74, 6) is 1.40. The Hall–Kier alpha value is -3.66. The second kappa shape index (κ2) is 8.67. The standard InChI is InChI=1S/C30H34N8O2/c1-16-11-23(36-35-16)29(39)37-20-6-7-21(37)13-19(12-20)26-25(17-3-4-17)27(31)38-28(34-26)22(15-33-38)18-5-8-24(32-14-18)30(40)9-2-10-30/h5,8,14-15,17,19-21,40H,2-4,6-7,9-13,31H2,1H3/t19?,20-,21+. The fraction of sp³-hybridized carbons (Fsp3) is 0.533. The van der Waals surface area contributed by atoms with Crippen LogP contribution in [0.15, 0.2) is 34.7 Å². The van der Waals surface area contributed by atoms with Gasteiger partial charge in [0.15, 0.2) is 5.65 Å². The van der Waals surface area contributed by atoms with Crippen LogP contribution in [0.4, 0.5) is 5.82 Å². The number of nitrogens with two attached hydrogens (primary N) is 1. The normalized spacial score (nSPS) is 27.1. The number of hydrogen-bond donors (Lipinski definition) is 2. The number of nitrogen functional groups attached to an aromatic ring is 1. The number of pyridine rings is 1. The molecule has 2 saturated carbocycles. The van der Waals surface area contributed by atoms with Gasteiger partial charge in [0, 0.05) is 53.0 Å². The van der Waals surface area contributed by atoms with Gasteiger partial charge in [0.1, 0.15) is 17.1 Å². The number of amides is 1. The molecule has 6 heterocycles. The Morgan fingerprint density at radius 2 is 1.82 bits per heavy atom. The molecule has 2 saturated heterocycles. The molecule has 40 heavy (non-hydrogen) atoms. The molecule has 4 fully saturated rings. The predicted molar refractivity (Wildman–Crippen MR) is 151 cm³/mol. The lowest BCUT2D eigenvalue weighted by Gasteiger charge is -2.39. The first-order valence-corrected chi connectivity index (χ1v) is 14.7. The van der Waals surface area contributed by atoms with Crippen LogP contribution in [0.1, 0.15) is 99.9 Å². The van der Waals surface area contributed by atoms with Crippen molar-refractivity contribution in [1.82, 2.24) is 24.5 Å². The van der Waals surface area contributed by atoms with Crippen molar-refractivity contribution in [2.24, 2.45) is 10.2 Å². The van der Waals surface area contributed by atoms with Gasteiger partial charge in [-0.25, -0.2) is 4.98 Å². The topological polar surface area (TPSA) is 134 Å². The third-order valence-electron chi connectivity index (χ3n) is 9.83. The molecular weight excluding hydrogens is 504 g/mol. The van der Waals surface area contributed by atoms with Crippen LogP contribution in [0, 0.1) is 0 Å². The molecule has 2 bridgehead atoms. The Bertz CT molecular complexity index is 1580. The minimum absolute atomic E-state index is 0.0532. The highest BCUT2D eigenvalue weighted by molar-refractivity contribution is 6.43. The third kappa shape index (κ3) is 3.64. The average molecular weight is 539 g/mol. The maximum absolute atomic E-state index is 13.4. The van der Waals surface area contributed by atoms with E-state index in [9.17, 15) is 9.90 Å². The summed E-state index contributed by atoms with van der Waals surface area (Å²) in [7, 11) is 0. The highest BCUT2D eigenvalue weighted by atomic mass is 16.3. The minimum Gasteiger partial charge on any atom is -0.384 e. The molecule has 8 rings (SSSR count). The van der Waals surface area contributed by atoms with Crippen LogP contribution in [-0.4, -0.2) is 59.0 Å². The molecule has 0 radical (unpaired) electrons. The first-order valence-electron chi connectivity index (χ1n) is 14.7. The lowest BCUT2D eigenvalue weighted by atomic mass is 9.77. The van der Waals surface area contributed by atoms with Crippen molar-refractivity contribution in [3.05, 3.63) is 41.5 Å². The van der Waals surface area contributed by atoms with E-state index in [1.165, 1.54) is 0 Å². The maximum atomic E-state index is 13.4. The van der Waals surface area contributed by atoms with E-state index < -0.39 is 5.60 Å². The highest BCUT2D eigenvalue weighted by Crippen LogP contribution is 2.50. The van der Waals surface area contributed by atoms with Crippen LogP contribution in [0.25, 0.3) is 16.8 Å². The lowest BCUT2D eigenvalue weighted by molar-refractivity contribution is -0.128. The number of carbonyl (C=O) groups excluding carboxylic acids is 1. The summed E-state index contributed by atoms with van der Waals surface area (Å²) in [4.78, 5) is 25.4. The number of hydrogen-bond acceptors (Lipinski definition) is 8. The van der Waals surface area contributed by atoms with E-state index in [1.807, 2.05) is 31.5 Å². The van der Waals surface area contributed by atoms with Crippen molar-refractivity contribution >= 4 is 28.8 Å². The van der Waals surface area contributed by atoms with E-state index in [4.69, 9.17) is 10.7 Å². The van der Waals surface area contributed by atoms with Gasteiger partial charge in [-0.15, -0.1) is 5.10 Å². The number of piperidine rings is 1. The quantitative estimate of drug-likeness (QED) is 0.503. The summed E-state index contributed by atoms with van der Waals surface area (Å²) in [5, 5.41) is 23.6. The summed E-state index contributed by atoms with van der Waals surface area (Å²) < 4.78 is 1.79. The number of nitrogens with zero attached hydrogens (tertiary/aromatic N) is 7. The molecule has 3 atom stereocenters. The molecule has 2 aliphatic carbocycles. The maximum Gasteiger partial charge on any atom is 0.271 e.